The van der Waals surface area contributed by atoms with Gasteiger partial charge in [0.05, 0.1) is 6.54 Å². The number of halogens is 2. The molecule has 24 heavy (non-hydrogen) atoms. The van der Waals surface area contributed by atoms with Crippen molar-refractivity contribution >= 4 is 41.5 Å². The number of benzene rings is 1. The predicted octanol–water partition coefficient (Wildman–Crippen LogP) is 3.14. The SMILES string of the molecule is CN=C(NCCOc1ccc(Cl)cc1)NCCc1ccccn1.I. The number of nitrogens with one attached hydrogen (secondary N) is 2. The number of hydrogen-bond acceptors (Lipinski definition) is 3. The molecule has 0 atom stereocenters. The van der Waals surface area contributed by atoms with E-state index in [0.29, 0.717) is 18.2 Å². The van der Waals surface area contributed by atoms with Gasteiger partial charge in [-0.15, -0.1) is 24.0 Å². The molecule has 0 aliphatic rings. The van der Waals surface area contributed by atoms with E-state index in [-0.39, 0.29) is 24.0 Å². The van der Waals surface area contributed by atoms with Crippen LogP contribution in [-0.4, -0.2) is 37.7 Å². The van der Waals surface area contributed by atoms with Gasteiger partial charge in [-0.1, -0.05) is 17.7 Å². The molecule has 1 heterocycles. The van der Waals surface area contributed by atoms with Crippen LogP contribution in [-0.2, 0) is 6.42 Å². The van der Waals surface area contributed by atoms with Gasteiger partial charge in [0.25, 0.3) is 0 Å². The molecule has 0 spiro atoms. The van der Waals surface area contributed by atoms with Crippen molar-refractivity contribution < 1.29 is 4.74 Å². The van der Waals surface area contributed by atoms with Crippen LogP contribution in [0.1, 0.15) is 5.69 Å². The Morgan fingerprint density at radius 3 is 2.54 bits per heavy atom. The molecule has 7 heteroatoms. The molecule has 0 unspecified atom stereocenters. The summed E-state index contributed by atoms with van der Waals surface area (Å²) in [4.78, 5) is 8.46. The van der Waals surface area contributed by atoms with Crippen LogP contribution in [0.25, 0.3) is 0 Å². The standard InChI is InChI=1S/C17H21ClN4O.HI/c1-19-17(21-11-9-15-4-2-3-10-20-15)22-12-13-23-16-7-5-14(18)6-8-16;/h2-8,10H,9,11-13H2,1H3,(H2,19,21,22);1H. The molecule has 1 aromatic heterocycles. The van der Waals surface area contributed by atoms with Gasteiger partial charge < -0.3 is 15.4 Å². The maximum Gasteiger partial charge on any atom is 0.191 e. The third kappa shape index (κ3) is 7.83. The minimum atomic E-state index is 0. The summed E-state index contributed by atoms with van der Waals surface area (Å²) >= 11 is 5.83. The van der Waals surface area contributed by atoms with E-state index in [4.69, 9.17) is 16.3 Å². The average molecular weight is 461 g/mol. The second-order valence-corrected chi connectivity index (χ2v) is 5.24. The van der Waals surface area contributed by atoms with Gasteiger partial charge in [-0.05, 0) is 36.4 Å². The van der Waals surface area contributed by atoms with Crippen molar-refractivity contribution in [3.63, 3.8) is 0 Å². The number of guanidine groups is 1. The van der Waals surface area contributed by atoms with Crippen molar-refractivity contribution in [1.29, 1.82) is 0 Å². The molecule has 2 aromatic rings. The Morgan fingerprint density at radius 1 is 1.12 bits per heavy atom. The Morgan fingerprint density at radius 2 is 1.88 bits per heavy atom. The molecule has 2 rings (SSSR count). The second kappa shape index (κ2) is 11.9. The van der Waals surface area contributed by atoms with Crippen molar-refractivity contribution in [3.05, 3.63) is 59.4 Å². The summed E-state index contributed by atoms with van der Waals surface area (Å²) in [6.45, 7) is 1.98. The van der Waals surface area contributed by atoms with Crippen molar-refractivity contribution in [2.75, 3.05) is 26.7 Å². The van der Waals surface area contributed by atoms with Crippen LogP contribution >= 0.6 is 35.6 Å². The lowest BCUT2D eigenvalue weighted by Gasteiger charge is -2.12. The molecule has 0 fully saturated rings. The summed E-state index contributed by atoms with van der Waals surface area (Å²) in [6.07, 6.45) is 2.65. The molecular weight excluding hydrogens is 439 g/mol. The Bertz CT molecular complexity index is 608. The van der Waals surface area contributed by atoms with E-state index in [1.807, 2.05) is 42.5 Å². The van der Waals surface area contributed by atoms with Crippen molar-refractivity contribution in [2.45, 2.75) is 6.42 Å². The third-order valence-electron chi connectivity index (χ3n) is 3.10. The van der Waals surface area contributed by atoms with Crippen molar-refractivity contribution in [2.24, 2.45) is 4.99 Å². The van der Waals surface area contributed by atoms with Crippen LogP contribution in [0.15, 0.2) is 53.7 Å². The first kappa shape index (κ1) is 20.5. The van der Waals surface area contributed by atoms with E-state index >= 15 is 0 Å². The summed E-state index contributed by atoms with van der Waals surface area (Å²) in [7, 11) is 1.75. The number of rotatable bonds is 7. The number of aromatic nitrogens is 1. The zero-order valence-corrected chi connectivity index (χ0v) is 16.6. The van der Waals surface area contributed by atoms with Crippen LogP contribution in [0.4, 0.5) is 0 Å². The highest BCUT2D eigenvalue weighted by atomic mass is 127. The number of ether oxygens (including phenoxy) is 1. The summed E-state index contributed by atoms with van der Waals surface area (Å²) in [5, 5.41) is 7.16. The highest BCUT2D eigenvalue weighted by molar-refractivity contribution is 14.0. The molecule has 130 valence electrons. The van der Waals surface area contributed by atoms with Gasteiger partial charge in [0.15, 0.2) is 5.96 Å². The molecule has 0 aliphatic carbocycles. The van der Waals surface area contributed by atoms with Crippen LogP contribution < -0.4 is 15.4 Å². The average Bonchev–Trinajstić information content (AvgIpc) is 2.59. The smallest absolute Gasteiger partial charge is 0.191 e. The van der Waals surface area contributed by atoms with Gasteiger partial charge >= 0.3 is 0 Å². The van der Waals surface area contributed by atoms with Crippen LogP contribution in [0.3, 0.4) is 0 Å². The first-order valence-corrected chi connectivity index (χ1v) is 7.88. The Balaban J connectivity index is 0.00000288. The van der Waals surface area contributed by atoms with E-state index in [1.54, 1.807) is 13.2 Å². The van der Waals surface area contributed by atoms with Gasteiger partial charge in [0.2, 0.25) is 0 Å². The topological polar surface area (TPSA) is 58.5 Å². The minimum Gasteiger partial charge on any atom is -0.492 e. The van der Waals surface area contributed by atoms with Gasteiger partial charge in [-0.3, -0.25) is 9.98 Å². The predicted molar refractivity (Wildman–Crippen MR) is 110 cm³/mol. The quantitative estimate of drug-likeness (QED) is 0.288. The maximum atomic E-state index is 5.83. The maximum absolute atomic E-state index is 5.83. The van der Waals surface area contributed by atoms with E-state index in [9.17, 15) is 0 Å². The summed E-state index contributed by atoms with van der Waals surface area (Å²) in [5.74, 6) is 1.55. The zero-order valence-electron chi connectivity index (χ0n) is 13.5. The normalized spacial score (nSPS) is 10.7. The lowest BCUT2D eigenvalue weighted by Crippen LogP contribution is -2.40. The fourth-order valence-electron chi connectivity index (χ4n) is 1.94. The van der Waals surface area contributed by atoms with Gasteiger partial charge in [0, 0.05) is 36.9 Å². The Labute approximate surface area is 164 Å². The highest BCUT2D eigenvalue weighted by Crippen LogP contribution is 2.14. The highest BCUT2D eigenvalue weighted by Gasteiger charge is 1.99. The number of pyridine rings is 1. The molecule has 5 nitrogen and oxygen atoms in total. The van der Waals surface area contributed by atoms with Crippen LogP contribution in [0.5, 0.6) is 5.75 Å². The molecule has 0 aliphatic heterocycles. The second-order valence-electron chi connectivity index (χ2n) is 4.80. The molecule has 1 aromatic carbocycles. The molecule has 0 radical (unpaired) electrons. The van der Waals surface area contributed by atoms with Crippen LogP contribution in [0, 0.1) is 0 Å². The van der Waals surface area contributed by atoms with E-state index in [2.05, 4.69) is 20.6 Å². The van der Waals surface area contributed by atoms with Gasteiger partial charge in [0.1, 0.15) is 12.4 Å². The minimum absolute atomic E-state index is 0. The summed E-state index contributed by atoms with van der Waals surface area (Å²) < 4.78 is 5.62. The summed E-state index contributed by atoms with van der Waals surface area (Å²) in [5.41, 5.74) is 1.06. The van der Waals surface area contributed by atoms with Crippen LogP contribution in [0.2, 0.25) is 5.02 Å². The number of nitrogens with zero attached hydrogens (tertiary/aromatic N) is 2. The monoisotopic (exact) mass is 460 g/mol. The molecule has 0 saturated heterocycles. The lowest BCUT2D eigenvalue weighted by atomic mass is 10.3. The molecule has 0 bridgehead atoms. The first-order chi connectivity index (χ1) is 11.3. The summed E-state index contributed by atoms with van der Waals surface area (Å²) in [6, 6.07) is 13.2. The van der Waals surface area contributed by atoms with Crippen molar-refractivity contribution in [3.8, 4) is 5.75 Å². The van der Waals surface area contributed by atoms with E-state index in [1.165, 1.54) is 0 Å². The largest absolute Gasteiger partial charge is 0.492 e. The molecular formula is C17H22ClIN4O. The van der Waals surface area contributed by atoms with Gasteiger partial charge in [-0.2, -0.15) is 0 Å². The number of hydrogen-bond donors (Lipinski definition) is 2. The Hall–Kier alpha value is -1.54. The lowest BCUT2D eigenvalue weighted by molar-refractivity contribution is 0.322. The third-order valence-corrected chi connectivity index (χ3v) is 3.35. The number of aliphatic imine (C=N–C) groups is 1. The molecule has 0 amide bonds. The van der Waals surface area contributed by atoms with Crippen molar-refractivity contribution in [1.82, 2.24) is 15.6 Å². The first-order valence-electron chi connectivity index (χ1n) is 7.51. The fourth-order valence-corrected chi connectivity index (χ4v) is 2.07. The van der Waals surface area contributed by atoms with Gasteiger partial charge in [-0.25, -0.2) is 0 Å². The fraction of sp³-hybridized carbons (Fsp3) is 0.294. The molecule has 0 saturated carbocycles. The van der Waals surface area contributed by atoms with E-state index in [0.717, 1.165) is 30.4 Å². The molecule has 2 N–H and O–H groups in total. The van der Waals surface area contributed by atoms with E-state index < -0.39 is 0 Å². The Kier molecular flexibility index (Phi) is 10.2. The zero-order chi connectivity index (χ0) is 16.3.